The van der Waals surface area contributed by atoms with E-state index in [2.05, 4.69) is 36.9 Å². The van der Waals surface area contributed by atoms with Crippen LogP contribution in [0, 0.1) is 17.2 Å². The molecule has 0 radical (unpaired) electrons. The lowest BCUT2D eigenvalue weighted by Gasteiger charge is -2.27. The molecule has 3 N–H and O–H groups in total. The zero-order valence-corrected chi connectivity index (χ0v) is 13.0. The van der Waals surface area contributed by atoms with Gasteiger partial charge < -0.3 is 20.9 Å². The molecular formula is C15H21N7O. The van der Waals surface area contributed by atoms with Crippen molar-refractivity contribution in [3.63, 3.8) is 0 Å². The molecule has 122 valence electrons. The SMILES string of the molecule is N#CC1CCCC1NC(=O)Nc1cnc(N2CCNCC2)nc1. The van der Waals surface area contributed by atoms with Gasteiger partial charge in [0.15, 0.2) is 0 Å². The number of hydrogen-bond acceptors (Lipinski definition) is 6. The molecule has 2 fully saturated rings. The monoisotopic (exact) mass is 315 g/mol. The van der Waals surface area contributed by atoms with Gasteiger partial charge in [-0.3, -0.25) is 0 Å². The predicted molar refractivity (Wildman–Crippen MR) is 86.0 cm³/mol. The predicted octanol–water partition coefficient (Wildman–Crippen LogP) is 0.700. The number of piperazine rings is 1. The van der Waals surface area contributed by atoms with Gasteiger partial charge in [-0.15, -0.1) is 0 Å². The lowest BCUT2D eigenvalue weighted by Crippen LogP contribution is -2.44. The van der Waals surface area contributed by atoms with E-state index in [4.69, 9.17) is 5.26 Å². The lowest BCUT2D eigenvalue weighted by molar-refractivity contribution is 0.247. The number of carbonyl (C=O) groups is 1. The van der Waals surface area contributed by atoms with Crippen LogP contribution in [0.1, 0.15) is 19.3 Å². The lowest BCUT2D eigenvalue weighted by atomic mass is 10.1. The summed E-state index contributed by atoms with van der Waals surface area (Å²) in [7, 11) is 0. The number of rotatable bonds is 3. The minimum Gasteiger partial charge on any atom is -0.338 e. The maximum absolute atomic E-state index is 12.0. The summed E-state index contributed by atoms with van der Waals surface area (Å²) in [5.41, 5.74) is 0.549. The molecule has 1 aliphatic carbocycles. The maximum atomic E-state index is 12.0. The van der Waals surface area contributed by atoms with Crippen LogP contribution in [-0.4, -0.2) is 48.2 Å². The molecule has 2 aliphatic rings. The number of hydrogen-bond donors (Lipinski definition) is 3. The van der Waals surface area contributed by atoms with Crippen molar-refractivity contribution in [1.82, 2.24) is 20.6 Å². The first kappa shape index (κ1) is 15.5. The Morgan fingerprint density at radius 1 is 1.30 bits per heavy atom. The molecule has 0 bridgehead atoms. The first-order valence-corrected chi connectivity index (χ1v) is 8.01. The third kappa shape index (κ3) is 3.87. The summed E-state index contributed by atoms with van der Waals surface area (Å²) < 4.78 is 0. The van der Waals surface area contributed by atoms with Gasteiger partial charge >= 0.3 is 6.03 Å². The van der Waals surface area contributed by atoms with Crippen LogP contribution in [0.15, 0.2) is 12.4 Å². The van der Waals surface area contributed by atoms with Crippen LogP contribution in [-0.2, 0) is 0 Å². The molecule has 0 spiro atoms. The minimum absolute atomic E-state index is 0.0685. The summed E-state index contributed by atoms with van der Waals surface area (Å²) in [5, 5.41) is 17.9. The van der Waals surface area contributed by atoms with Crippen LogP contribution >= 0.6 is 0 Å². The van der Waals surface area contributed by atoms with Gasteiger partial charge in [0.05, 0.1) is 30.1 Å². The van der Waals surface area contributed by atoms with Gasteiger partial charge in [-0.25, -0.2) is 14.8 Å². The van der Waals surface area contributed by atoms with Crippen LogP contribution < -0.4 is 20.9 Å². The Balaban J connectivity index is 1.53. The largest absolute Gasteiger partial charge is 0.338 e. The van der Waals surface area contributed by atoms with E-state index in [1.165, 1.54) is 0 Å². The van der Waals surface area contributed by atoms with Crippen LogP contribution in [0.5, 0.6) is 0 Å². The van der Waals surface area contributed by atoms with Crippen LogP contribution in [0.2, 0.25) is 0 Å². The normalized spacial score (nSPS) is 24.0. The average Bonchev–Trinajstić information content (AvgIpc) is 3.03. The highest BCUT2D eigenvalue weighted by molar-refractivity contribution is 5.89. The number of amides is 2. The Morgan fingerprint density at radius 2 is 2.04 bits per heavy atom. The molecule has 8 heteroatoms. The molecule has 23 heavy (non-hydrogen) atoms. The summed E-state index contributed by atoms with van der Waals surface area (Å²) in [6, 6.07) is 1.87. The third-order valence-corrected chi connectivity index (χ3v) is 4.29. The molecule has 8 nitrogen and oxygen atoms in total. The summed E-state index contributed by atoms with van der Waals surface area (Å²) in [4.78, 5) is 22.7. The van der Waals surface area contributed by atoms with E-state index in [9.17, 15) is 4.79 Å². The molecule has 2 heterocycles. The summed E-state index contributed by atoms with van der Waals surface area (Å²) in [5.74, 6) is 0.588. The number of nitriles is 1. The number of nitrogens with zero attached hydrogens (tertiary/aromatic N) is 4. The molecule has 2 atom stereocenters. The molecule has 1 saturated carbocycles. The van der Waals surface area contributed by atoms with Crippen molar-refractivity contribution in [3.05, 3.63) is 12.4 Å². The Bertz CT molecular complexity index is 576. The third-order valence-electron chi connectivity index (χ3n) is 4.29. The highest BCUT2D eigenvalue weighted by atomic mass is 16.2. The van der Waals surface area contributed by atoms with Crippen molar-refractivity contribution < 1.29 is 4.79 Å². The van der Waals surface area contributed by atoms with Crippen LogP contribution in [0.25, 0.3) is 0 Å². The Kier molecular flexibility index (Phi) is 4.88. The summed E-state index contributed by atoms with van der Waals surface area (Å²) >= 11 is 0. The van der Waals surface area contributed by atoms with Gasteiger partial charge in [-0.2, -0.15) is 5.26 Å². The van der Waals surface area contributed by atoms with Crippen LogP contribution in [0.4, 0.5) is 16.4 Å². The highest BCUT2D eigenvalue weighted by Crippen LogP contribution is 2.24. The fourth-order valence-electron chi connectivity index (χ4n) is 3.04. The first-order chi connectivity index (χ1) is 11.3. The number of urea groups is 1. The number of aromatic nitrogens is 2. The van der Waals surface area contributed by atoms with E-state index in [1.807, 2.05) is 0 Å². The standard InChI is InChI=1S/C15H21N7O/c16-8-11-2-1-3-13(11)21-15(23)20-12-9-18-14(19-10-12)22-6-4-17-5-7-22/h9-11,13,17H,1-7H2,(H2,20,21,23). The van der Waals surface area contributed by atoms with Gasteiger partial charge in [-0.1, -0.05) is 0 Å². The number of carbonyl (C=O) groups excluding carboxylic acids is 1. The van der Waals surface area contributed by atoms with Crippen molar-refractivity contribution in [2.24, 2.45) is 5.92 Å². The smallest absolute Gasteiger partial charge is 0.319 e. The topological polar surface area (TPSA) is 106 Å². The maximum Gasteiger partial charge on any atom is 0.319 e. The number of anilines is 2. The molecule has 3 rings (SSSR count). The van der Waals surface area contributed by atoms with Crippen LogP contribution in [0.3, 0.4) is 0 Å². The zero-order valence-electron chi connectivity index (χ0n) is 13.0. The number of nitrogens with one attached hydrogen (secondary N) is 3. The second kappa shape index (κ2) is 7.24. The van der Waals surface area contributed by atoms with Crippen molar-refractivity contribution in [1.29, 1.82) is 5.26 Å². The van der Waals surface area contributed by atoms with E-state index in [1.54, 1.807) is 12.4 Å². The van der Waals surface area contributed by atoms with Crippen molar-refractivity contribution >= 4 is 17.7 Å². The van der Waals surface area contributed by atoms with E-state index < -0.39 is 0 Å². The van der Waals surface area contributed by atoms with Gasteiger partial charge in [0.25, 0.3) is 0 Å². The second-order valence-electron chi connectivity index (χ2n) is 5.88. The fraction of sp³-hybridized carbons (Fsp3) is 0.600. The van der Waals surface area contributed by atoms with E-state index >= 15 is 0 Å². The fourth-order valence-corrected chi connectivity index (χ4v) is 3.04. The Morgan fingerprint density at radius 3 is 2.74 bits per heavy atom. The summed E-state index contributed by atoms with van der Waals surface area (Å²) in [6.07, 6.45) is 5.90. The van der Waals surface area contributed by atoms with Crippen molar-refractivity contribution in [3.8, 4) is 6.07 Å². The van der Waals surface area contributed by atoms with Crippen molar-refractivity contribution in [2.45, 2.75) is 25.3 Å². The molecular weight excluding hydrogens is 294 g/mol. The second-order valence-corrected chi connectivity index (χ2v) is 5.88. The quantitative estimate of drug-likeness (QED) is 0.758. The molecule has 2 amide bonds. The Labute approximate surface area is 135 Å². The van der Waals surface area contributed by atoms with E-state index in [0.29, 0.717) is 11.6 Å². The average molecular weight is 315 g/mol. The van der Waals surface area contributed by atoms with Gasteiger partial charge in [0.2, 0.25) is 5.95 Å². The van der Waals surface area contributed by atoms with Gasteiger partial charge in [0, 0.05) is 32.2 Å². The van der Waals surface area contributed by atoms with Gasteiger partial charge in [-0.05, 0) is 19.3 Å². The molecule has 0 aromatic carbocycles. The highest BCUT2D eigenvalue weighted by Gasteiger charge is 2.28. The zero-order chi connectivity index (χ0) is 16.1. The molecule has 2 unspecified atom stereocenters. The Hall–Kier alpha value is -2.40. The summed E-state index contributed by atoms with van der Waals surface area (Å²) in [6.45, 7) is 3.61. The minimum atomic E-state index is -0.310. The van der Waals surface area contributed by atoms with E-state index in [0.717, 1.165) is 45.4 Å². The van der Waals surface area contributed by atoms with Crippen molar-refractivity contribution in [2.75, 3.05) is 36.4 Å². The molecule has 1 aromatic rings. The molecule has 1 saturated heterocycles. The van der Waals surface area contributed by atoms with Gasteiger partial charge in [0.1, 0.15) is 0 Å². The first-order valence-electron chi connectivity index (χ1n) is 8.01. The molecule has 1 aliphatic heterocycles. The van der Waals surface area contributed by atoms with E-state index in [-0.39, 0.29) is 18.0 Å². The molecule has 1 aromatic heterocycles.